The van der Waals surface area contributed by atoms with Crippen LogP contribution in [0.1, 0.15) is 36.5 Å². The predicted molar refractivity (Wildman–Crippen MR) is 111 cm³/mol. The molecule has 0 radical (unpaired) electrons. The van der Waals surface area contributed by atoms with E-state index in [2.05, 4.69) is 15.2 Å². The summed E-state index contributed by atoms with van der Waals surface area (Å²) < 4.78 is 5.54. The topological polar surface area (TPSA) is 91.4 Å². The Bertz CT molecular complexity index is 889. The van der Waals surface area contributed by atoms with Crippen molar-refractivity contribution >= 4 is 11.8 Å². The van der Waals surface area contributed by atoms with Crippen LogP contribution >= 0.6 is 0 Å². The van der Waals surface area contributed by atoms with Gasteiger partial charge < -0.3 is 14.5 Å². The summed E-state index contributed by atoms with van der Waals surface area (Å²) >= 11 is 0. The van der Waals surface area contributed by atoms with Gasteiger partial charge in [0, 0.05) is 40.2 Å². The molecule has 160 valence electrons. The molecule has 1 unspecified atom stereocenters. The second kappa shape index (κ2) is 8.55. The van der Waals surface area contributed by atoms with Gasteiger partial charge in [0.25, 0.3) is 0 Å². The highest BCUT2D eigenvalue weighted by Crippen LogP contribution is 2.41. The Labute approximate surface area is 176 Å². The molecule has 1 spiro atoms. The minimum absolute atomic E-state index is 0.00927. The second-order valence-corrected chi connectivity index (χ2v) is 8.45. The van der Waals surface area contributed by atoms with Crippen molar-refractivity contribution in [1.82, 2.24) is 25.0 Å². The lowest BCUT2D eigenvalue weighted by molar-refractivity contribution is -0.158. The van der Waals surface area contributed by atoms with E-state index in [4.69, 9.17) is 4.74 Å². The molecule has 4 rings (SSSR count). The SMILES string of the molecule is COC1CN(C)C(=O)C2(CCN(C(=O)Cc3n[nH]c(Cc4ccccc4)n3)CC2)C1. The Morgan fingerprint density at radius 3 is 2.70 bits per heavy atom. The number of hydrogen-bond donors (Lipinski definition) is 1. The number of likely N-dealkylation sites (N-methyl/N-ethyl adjacent to an activating group) is 1. The number of aromatic nitrogens is 3. The predicted octanol–water partition coefficient (Wildman–Crippen LogP) is 1.42. The molecule has 8 heteroatoms. The first kappa shape index (κ1) is 20.5. The van der Waals surface area contributed by atoms with Crippen molar-refractivity contribution in [3.05, 3.63) is 47.5 Å². The lowest BCUT2D eigenvalue weighted by Crippen LogP contribution is -2.57. The van der Waals surface area contributed by atoms with E-state index in [1.54, 1.807) is 12.0 Å². The minimum Gasteiger partial charge on any atom is -0.380 e. The van der Waals surface area contributed by atoms with E-state index < -0.39 is 5.41 Å². The maximum absolute atomic E-state index is 12.8. The summed E-state index contributed by atoms with van der Waals surface area (Å²) in [6.45, 7) is 1.79. The summed E-state index contributed by atoms with van der Waals surface area (Å²) in [7, 11) is 3.53. The maximum Gasteiger partial charge on any atom is 0.230 e. The number of benzene rings is 1. The van der Waals surface area contributed by atoms with Gasteiger partial charge in [-0.25, -0.2) is 4.98 Å². The highest BCUT2D eigenvalue weighted by Gasteiger charge is 2.48. The number of likely N-dealkylation sites (tertiary alicyclic amines) is 2. The molecule has 1 aromatic carbocycles. The highest BCUT2D eigenvalue weighted by molar-refractivity contribution is 5.84. The smallest absolute Gasteiger partial charge is 0.230 e. The van der Waals surface area contributed by atoms with Gasteiger partial charge >= 0.3 is 0 Å². The summed E-state index contributed by atoms with van der Waals surface area (Å²) in [5.41, 5.74) is 0.738. The van der Waals surface area contributed by atoms with E-state index in [9.17, 15) is 9.59 Å². The number of amides is 2. The van der Waals surface area contributed by atoms with Crippen LogP contribution in [0.15, 0.2) is 30.3 Å². The molecule has 0 aliphatic carbocycles. The lowest BCUT2D eigenvalue weighted by atomic mass is 9.71. The van der Waals surface area contributed by atoms with Gasteiger partial charge in [0.15, 0.2) is 5.82 Å². The number of carbonyl (C=O) groups excluding carboxylic acids is 2. The molecule has 0 bridgehead atoms. The van der Waals surface area contributed by atoms with Crippen molar-refractivity contribution in [3.8, 4) is 0 Å². The zero-order chi connectivity index (χ0) is 21.1. The zero-order valence-electron chi connectivity index (χ0n) is 17.6. The Morgan fingerprint density at radius 2 is 2.00 bits per heavy atom. The van der Waals surface area contributed by atoms with Crippen LogP contribution < -0.4 is 0 Å². The number of carbonyl (C=O) groups is 2. The molecule has 2 aliphatic heterocycles. The van der Waals surface area contributed by atoms with E-state index in [1.165, 1.54) is 0 Å². The van der Waals surface area contributed by atoms with Crippen LogP contribution in [0.25, 0.3) is 0 Å². The van der Waals surface area contributed by atoms with E-state index in [0.717, 1.165) is 17.8 Å². The normalized spacial score (nSPS) is 21.3. The van der Waals surface area contributed by atoms with Crippen LogP contribution in [0.5, 0.6) is 0 Å². The van der Waals surface area contributed by atoms with Crippen LogP contribution in [0.2, 0.25) is 0 Å². The van der Waals surface area contributed by atoms with Gasteiger partial charge in [-0.15, -0.1) is 0 Å². The molecular formula is C22H29N5O3. The number of aromatic amines is 1. The van der Waals surface area contributed by atoms with Crippen molar-refractivity contribution in [2.45, 2.75) is 38.2 Å². The van der Waals surface area contributed by atoms with Crippen LogP contribution in [0.4, 0.5) is 0 Å². The van der Waals surface area contributed by atoms with Crippen molar-refractivity contribution in [2.24, 2.45) is 5.41 Å². The number of methoxy groups -OCH3 is 1. The Hall–Kier alpha value is -2.74. The number of ether oxygens (including phenoxy) is 1. The molecule has 8 nitrogen and oxygen atoms in total. The molecule has 3 heterocycles. The van der Waals surface area contributed by atoms with Crippen LogP contribution in [-0.2, 0) is 27.2 Å². The fourth-order valence-electron chi connectivity index (χ4n) is 4.67. The third-order valence-electron chi connectivity index (χ3n) is 6.40. The molecule has 30 heavy (non-hydrogen) atoms. The third-order valence-corrected chi connectivity index (χ3v) is 6.40. The van der Waals surface area contributed by atoms with Gasteiger partial charge in [-0.05, 0) is 24.8 Å². The molecule has 2 amide bonds. The largest absolute Gasteiger partial charge is 0.380 e. The van der Waals surface area contributed by atoms with E-state index in [0.29, 0.717) is 44.7 Å². The molecule has 2 fully saturated rings. The summed E-state index contributed by atoms with van der Waals surface area (Å²) in [5.74, 6) is 1.46. The van der Waals surface area contributed by atoms with Crippen molar-refractivity contribution in [3.63, 3.8) is 0 Å². The van der Waals surface area contributed by atoms with Gasteiger partial charge in [0.05, 0.1) is 17.9 Å². The summed E-state index contributed by atoms with van der Waals surface area (Å²) in [6.07, 6.45) is 2.98. The van der Waals surface area contributed by atoms with E-state index >= 15 is 0 Å². The molecule has 0 saturated carbocycles. The Kier molecular flexibility index (Phi) is 5.85. The Morgan fingerprint density at radius 1 is 1.27 bits per heavy atom. The quantitative estimate of drug-likeness (QED) is 0.804. The first-order valence-electron chi connectivity index (χ1n) is 10.5. The van der Waals surface area contributed by atoms with E-state index in [-0.39, 0.29) is 24.3 Å². The van der Waals surface area contributed by atoms with Gasteiger partial charge in [0.1, 0.15) is 5.82 Å². The molecule has 2 saturated heterocycles. The van der Waals surface area contributed by atoms with Crippen LogP contribution in [-0.4, -0.2) is 76.7 Å². The first-order chi connectivity index (χ1) is 14.5. The van der Waals surface area contributed by atoms with Gasteiger partial charge in [-0.2, -0.15) is 5.10 Å². The summed E-state index contributed by atoms with van der Waals surface area (Å²) in [5, 5.41) is 7.15. The van der Waals surface area contributed by atoms with Gasteiger partial charge in [-0.3, -0.25) is 14.7 Å². The van der Waals surface area contributed by atoms with Crippen molar-refractivity contribution < 1.29 is 14.3 Å². The second-order valence-electron chi connectivity index (χ2n) is 8.45. The highest BCUT2D eigenvalue weighted by atomic mass is 16.5. The van der Waals surface area contributed by atoms with E-state index in [1.807, 2.05) is 42.3 Å². The lowest BCUT2D eigenvalue weighted by Gasteiger charge is -2.47. The Balaban J connectivity index is 1.33. The average Bonchev–Trinajstić information content (AvgIpc) is 3.19. The first-order valence-corrected chi connectivity index (χ1v) is 10.5. The number of piperidine rings is 2. The molecular weight excluding hydrogens is 382 g/mol. The average molecular weight is 412 g/mol. The molecule has 2 aliphatic rings. The van der Waals surface area contributed by atoms with Crippen LogP contribution in [0, 0.1) is 5.41 Å². The maximum atomic E-state index is 12.8. The number of hydrogen-bond acceptors (Lipinski definition) is 5. The zero-order valence-corrected chi connectivity index (χ0v) is 17.6. The fourth-order valence-corrected chi connectivity index (χ4v) is 4.67. The van der Waals surface area contributed by atoms with Crippen molar-refractivity contribution in [1.29, 1.82) is 0 Å². The van der Waals surface area contributed by atoms with Crippen LogP contribution in [0.3, 0.4) is 0 Å². The monoisotopic (exact) mass is 411 g/mol. The minimum atomic E-state index is -0.405. The number of H-pyrrole nitrogens is 1. The van der Waals surface area contributed by atoms with Crippen molar-refractivity contribution in [2.75, 3.05) is 33.8 Å². The summed E-state index contributed by atoms with van der Waals surface area (Å²) in [6, 6.07) is 10.0. The molecule has 1 atom stereocenters. The number of nitrogens with one attached hydrogen (secondary N) is 1. The number of nitrogens with zero attached hydrogens (tertiary/aromatic N) is 4. The van der Waals surface area contributed by atoms with Gasteiger partial charge in [-0.1, -0.05) is 30.3 Å². The van der Waals surface area contributed by atoms with Gasteiger partial charge in [0.2, 0.25) is 11.8 Å². The molecule has 1 aromatic heterocycles. The fraction of sp³-hybridized carbons (Fsp3) is 0.545. The standard InChI is InChI=1S/C22H29N5O3/c1-26-15-17(30-2)14-22(21(26)29)8-10-27(11-9-22)20(28)13-19-23-18(24-25-19)12-16-6-4-3-5-7-16/h3-7,17H,8-15H2,1-2H3,(H,23,24,25). The molecule has 2 aromatic rings. The third kappa shape index (κ3) is 4.23. The molecule has 1 N–H and O–H groups in total. The summed E-state index contributed by atoms with van der Waals surface area (Å²) in [4.78, 5) is 33.7. The number of rotatable bonds is 5.